The summed E-state index contributed by atoms with van der Waals surface area (Å²) in [5.41, 5.74) is 1.26. The second kappa shape index (κ2) is 10.3. The summed E-state index contributed by atoms with van der Waals surface area (Å²) >= 11 is 0. The van der Waals surface area contributed by atoms with Gasteiger partial charge in [0, 0.05) is 31.0 Å². The summed E-state index contributed by atoms with van der Waals surface area (Å²) in [6.45, 7) is 0.883. The number of amides is 1. The van der Waals surface area contributed by atoms with Gasteiger partial charge in [-0.3, -0.25) is 9.59 Å². The van der Waals surface area contributed by atoms with Crippen LogP contribution in [-0.4, -0.2) is 58.0 Å². The Morgan fingerprint density at radius 2 is 1.83 bits per heavy atom. The molecule has 2 aromatic carbocycles. The monoisotopic (exact) mass is 475 g/mol. The quantitative estimate of drug-likeness (QED) is 0.231. The van der Waals surface area contributed by atoms with Gasteiger partial charge in [-0.05, 0) is 36.2 Å². The highest BCUT2D eigenvalue weighted by Crippen LogP contribution is 2.40. The second-order valence-electron chi connectivity index (χ2n) is 7.99. The molecule has 35 heavy (non-hydrogen) atoms. The van der Waals surface area contributed by atoms with E-state index in [-0.39, 0.29) is 17.9 Å². The predicted molar refractivity (Wildman–Crippen MR) is 127 cm³/mol. The van der Waals surface area contributed by atoms with E-state index in [1.165, 1.54) is 19.1 Å². The molecule has 4 rings (SSSR count). The second-order valence-corrected chi connectivity index (χ2v) is 7.99. The smallest absolute Gasteiger partial charge is 0.337 e. The van der Waals surface area contributed by atoms with Crippen molar-refractivity contribution in [1.29, 1.82) is 0 Å². The molecule has 1 fully saturated rings. The van der Waals surface area contributed by atoms with Crippen LogP contribution in [0.15, 0.2) is 72.8 Å². The average molecular weight is 476 g/mol. The van der Waals surface area contributed by atoms with Crippen molar-refractivity contribution in [3.8, 4) is 5.75 Å². The molecule has 9 nitrogen and oxygen atoms in total. The first-order valence-electron chi connectivity index (χ1n) is 11.0. The molecule has 1 atom stereocenters. The zero-order valence-corrected chi connectivity index (χ0v) is 19.4. The molecule has 0 spiro atoms. The third kappa shape index (κ3) is 4.79. The largest absolute Gasteiger partial charge is 0.507 e. The van der Waals surface area contributed by atoms with Crippen molar-refractivity contribution >= 4 is 23.4 Å². The van der Waals surface area contributed by atoms with Gasteiger partial charge in [-0.15, -0.1) is 0 Å². The predicted octanol–water partition coefficient (Wildman–Crippen LogP) is 3.19. The molecular formula is C26H25N3O6. The number of hydrogen-bond donors (Lipinski definition) is 1. The lowest BCUT2D eigenvalue weighted by Gasteiger charge is -2.25. The lowest BCUT2D eigenvalue weighted by molar-refractivity contribution is -0.139. The molecule has 180 valence electrons. The normalized spacial score (nSPS) is 17.0. The van der Waals surface area contributed by atoms with E-state index < -0.39 is 23.7 Å². The van der Waals surface area contributed by atoms with Crippen LogP contribution in [-0.2, 0) is 20.9 Å². The Morgan fingerprint density at radius 1 is 1.06 bits per heavy atom. The first-order valence-corrected chi connectivity index (χ1v) is 11.0. The highest BCUT2D eigenvalue weighted by molar-refractivity contribution is 6.46. The van der Waals surface area contributed by atoms with Crippen LogP contribution in [0.25, 0.3) is 5.76 Å². The molecule has 1 aliphatic heterocycles. The molecule has 0 radical (unpaired) electrons. The molecule has 1 N–H and O–H groups in total. The van der Waals surface area contributed by atoms with Gasteiger partial charge in [0.25, 0.3) is 11.7 Å². The number of imidazole rings is 1. The number of esters is 1. The minimum atomic E-state index is -0.823. The summed E-state index contributed by atoms with van der Waals surface area (Å²) in [5.74, 6) is -1.75. The number of methoxy groups -OCH3 is 2. The average Bonchev–Trinajstić information content (AvgIpc) is 3.50. The number of ketones is 1. The summed E-state index contributed by atoms with van der Waals surface area (Å²) in [5, 5.41) is 11.2. The minimum Gasteiger partial charge on any atom is -0.507 e. The molecule has 1 saturated heterocycles. The molecule has 3 aromatic rings. The van der Waals surface area contributed by atoms with Gasteiger partial charge in [0.2, 0.25) is 0 Å². The summed E-state index contributed by atoms with van der Waals surface area (Å²) in [6, 6.07) is 12.3. The van der Waals surface area contributed by atoms with Gasteiger partial charge in [-0.25, -0.2) is 9.78 Å². The molecule has 0 bridgehead atoms. The Balaban J connectivity index is 1.74. The SMILES string of the molecule is COC(=O)c1ccc([C@@H]2/C(=C(\O)c3cccc(OC)c3)C(=O)C(=O)N2CCCn2ccnc2)cc1. The molecular weight excluding hydrogens is 450 g/mol. The highest BCUT2D eigenvalue weighted by Gasteiger charge is 2.45. The molecule has 0 saturated carbocycles. The van der Waals surface area contributed by atoms with Crippen LogP contribution in [0.5, 0.6) is 5.75 Å². The van der Waals surface area contributed by atoms with Gasteiger partial charge in [-0.2, -0.15) is 0 Å². The molecule has 1 aromatic heterocycles. The Bertz CT molecular complexity index is 1260. The molecule has 0 aliphatic carbocycles. The molecule has 9 heteroatoms. The van der Waals surface area contributed by atoms with Gasteiger partial charge >= 0.3 is 5.97 Å². The molecule has 0 unspecified atom stereocenters. The zero-order chi connectivity index (χ0) is 24.9. The number of likely N-dealkylation sites (tertiary alicyclic amines) is 1. The van der Waals surface area contributed by atoms with Crippen LogP contribution >= 0.6 is 0 Å². The number of nitrogens with zero attached hydrogens (tertiary/aromatic N) is 3. The van der Waals surface area contributed by atoms with Crippen LogP contribution < -0.4 is 4.74 Å². The number of aliphatic hydroxyl groups is 1. The number of aliphatic hydroxyl groups excluding tert-OH is 1. The minimum absolute atomic E-state index is 0.0169. The van der Waals surface area contributed by atoms with Crippen molar-refractivity contribution in [2.24, 2.45) is 0 Å². The van der Waals surface area contributed by atoms with Crippen molar-refractivity contribution < 1.29 is 29.0 Å². The van der Waals surface area contributed by atoms with Gasteiger partial charge in [0.1, 0.15) is 11.5 Å². The van der Waals surface area contributed by atoms with E-state index in [1.807, 2.05) is 10.8 Å². The maximum atomic E-state index is 13.2. The number of benzene rings is 2. The highest BCUT2D eigenvalue weighted by atomic mass is 16.5. The number of ether oxygens (including phenoxy) is 2. The number of aromatic nitrogens is 2. The Labute approximate surface area is 202 Å². The fourth-order valence-corrected chi connectivity index (χ4v) is 4.15. The van der Waals surface area contributed by atoms with Crippen molar-refractivity contribution in [3.05, 3.63) is 89.5 Å². The number of carbonyl (C=O) groups excluding carboxylic acids is 3. The summed E-state index contributed by atoms with van der Waals surface area (Å²) in [4.78, 5) is 43.6. The first-order chi connectivity index (χ1) is 16.9. The molecule has 1 aliphatic rings. The van der Waals surface area contributed by atoms with E-state index in [0.29, 0.717) is 35.4 Å². The molecule has 1 amide bonds. The topological polar surface area (TPSA) is 111 Å². The summed E-state index contributed by atoms with van der Waals surface area (Å²) < 4.78 is 11.9. The molecule has 2 heterocycles. The lowest BCUT2D eigenvalue weighted by atomic mass is 9.94. The number of Topliss-reactive ketones (excluding diaryl/α,β-unsaturated/α-hetero) is 1. The standard InChI is InChI=1S/C26H25N3O6/c1-34-20-6-3-5-19(15-20)23(30)21-22(17-7-9-18(10-8-17)26(33)35-2)29(25(32)24(21)31)13-4-12-28-14-11-27-16-28/h3,5-11,14-16,22,30H,4,12-13H2,1-2H3/b23-21+/t22-/m1/s1. The van der Waals surface area contributed by atoms with Gasteiger partial charge in [0.05, 0.1) is 37.7 Å². The van der Waals surface area contributed by atoms with E-state index in [2.05, 4.69) is 4.98 Å². The maximum Gasteiger partial charge on any atom is 0.337 e. The van der Waals surface area contributed by atoms with Gasteiger partial charge < -0.3 is 24.0 Å². The number of aryl methyl sites for hydroxylation is 1. The lowest BCUT2D eigenvalue weighted by Crippen LogP contribution is -2.31. The number of rotatable bonds is 8. The Hall–Kier alpha value is -4.40. The van der Waals surface area contributed by atoms with Crippen molar-refractivity contribution in [2.75, 3.05) is 20.8 Å². The van der Waals surface area contributed by atoms with Crippen LogP contribution in [0.2, 0.25) is 0 Å². The van der Waals surface area contributed by atoms with Gasteiger partial charge in [-0.1, -0.05) is 24.3 Å². The van der Waals surface area contributed by atoms with Crippen LogP contribution in [0, 0.1) is 0 Å². The van der Waals surface area contributed by atoms with E-state index >= 15 is 0 Å². The fourth-order valence-electron chi connectivity index (χ4n) is 4.15. The summed E-state index contributed by atoms with van der Waals surface area (Å²) in [7, 11) is 2.79. The number of hydrogen-bond acceptors (Lipinski definition) is 7. The van der Waals surface area contributed by atoms with Crippen molar-refractivity contribution in [2.45, 2.75) is 19.0 Å². The first kappa shape index (κ1) is 23.7. The van der Waals surface area contributed by atoms with E-state index in [1.54, 1.807) is 61.1 Å². The third-order valence-corrected chi connectivity index (χ3v) is 5.91. The number of carbonyl (C=O) groups is 3. The van der Waals surface area contributed by atoms with Gasteiger partial charge in [0.15, 0.2) is 0 Å². The Morgan fingerprint density at radius 3 is 2.49 bits per heavy atom. The van der Waals surface area contributed by atoms with Crippen molar-refractivity contribution in [1.82, 2.24) is 14.5 Å². The van der Waals surface area contributed by atoms with Crippen LogP contribution in [0.4, 0.5) is 0 Å². The fraction of sp³-hybridized carbons (Fsp3) is 0.231. The third-order valence-electron chi connectivity index (χ3n) is 5.91. The summed E-state index contributed by atoms with van der Waals surface area (Å²) in [6.07, 6.45) is 5.74. The Kier molecular flexibility index (Phi) is 6.96. The maximum absolute atomic E-state index is 13.2. The zero-order valence-electron chi connectivity index (χ0n) is 19.4. The van der Waals surface area contributed by atoms with E-state index in [4.69, 9.17) is 9.47 Å². The van der Waals surface area contributed by atoms with Crippen molar-refractivity contribution in [3.63, 3.8) is 0 Å². The van der Waals surface area contributed by atoms with E-state index in [0.717, 1.165) is 0 Å². The van der Waals surface area contributed by atoms with Crippen LogP contribution in [0.1, 0.15) is 33.9 Å². The van der Waals surface area contributed by atoms with Crippen LogP contribution in [0.3, 0.4) is 0 Å². The van der Waals surface area contributed by atoms with E-state index in [9.17, 15) is 19.5 Å².